The van der Waals surface area contributed by atoms with E-state index in [1.807, 2.05) is 42.9 Å². The maximum atomic E-state index is 12.8. The SMILES string of the molecule is CCCn1cc(Br)cc1C(=O)N(C)c1ccc(C)cc1C. The van der Waals surface area contributed by atoms with E-state index in [0.717, 1.165) is 28.7 Å². The van der Waals surface area contributed by atoms with Crippen molar-refractivity contribution < 1.29 is 4.79 Å². The van der Waals surface area contributed by atoms with Crippen LogP contribution in [-0.4, -0.2) is 17.5 Å². The summed E-state index contributed by atoms with van der Waals surface area (Å²) in [5, 5.41) is 0. The van der Waals surface area contributed by atoms with Gasteiger partial charge >= 0.3 is 0 Å². The van der Waals surface area contributed by atoms with Crippen molar-refractivity contribution in [2.75, 3.05) is 11.9 Å². The molecule has 0 fully saturated rings. The minimum Gasteiger partial charge on any atom is -0.342 e. The number of carbonyl (C=O) groups excluding carboxylic acids is 1. The zero-order chi connectivity index (χ0) is 15.6. The predicted octanol–water partition coefficient (Wildman–Crippen LogP) is 4.55. The van der Waals surface area contributed by atoms with Crippen LogP contribution in [0.4, 0.5) is 5.69 Å². The summed E-state index contributed by atoms with van der Waals surface area (Å²) in [6.45, 7) is 7.04. The van der Waals surface area contributed by atoms with Crippen molar-refractivity contribution in [2.24, 2.45) is 0 Å². The standard InChI is InChI=1S/C17H21BrN2O/c1-5-8-20-11-14(18)10-16(20)17(21)19(4)15-7-6-12(2)9-13(15)3/h6-7,9-11H,5,8H2,1-4H3. The van der Waals surface area contributed by atoms with E-state index in [0.29, 0.717) is 5.69 Å². The van der Waals surface area contributed by atoms with Crippen molar-refractivity contribution in [3.8, 4) is 0 Å². The first kappa shape index (κ1) is 15.8. The van der Waals surface area contributed by atoms with Crippen LogP contribution in [0, 0.1) is 13.8 Å². The van der Waals surface area contributed by atoms with Gasteiger partial charge in [0.25, 0.3) is 5.91 Å². The van der Waals surface area contributed by atoms with Crippen molar-refractivity contribution in [1.29, 1.82) is 0 Å². The van der Waals surface area contributed by atoms with Gasteiger partial charge in [0.2, 0.25) is 0 Å². The van der Waals surface area contributed by atoms with Gasteiger partial charge in [-0.15, -0.1) is 0 Å². The second-order valence-corrected chi connectivity index (χ2v) is 6.31. The number of hydrogen-bond donors (Lipinski definition) is 0. The lowest BCUT2D eigenvalue weighted by Crippen LogP contribution is -2.29. The Labute approximate surface area is 134 Å². The van der Waals surface area contributed by atoms with Crippen LogP contribution >= 0.6 is 15.9 Å². The number of anilines is 1. The first-order chi connectivity index (χ1) is 9.93. The molecule has 0 unspecified atom stereocenters. The smallest absolute Gasteiger partial charge is 0.274 e. The molecule has 0 aliphatic rings. The van der Waals surface area contributed by atoms with Gasteiger partial charge in [-0.2, -0.15) is 0 Å². The molecule has 0 aliphatic carbocycles. The lowest BCUT2D eigenvalue weighted by Gasteiger charge is -2.20. The van der Waals surface area contributed by atoms with Crippen LogP contribution < -0.4 is 4.90 Å². The number of halogens is 1. The molecule has 1 amide bonds. The van der Waals surface area contributed by atoms with Gasteiger partial charge in [-0.1, -0.05) is 24.6 Å². The molecular formula is C17H21BrN2O. The summed E-state index contributed by atoms with van der Waals surface area (Å²) in [5.41, 5.74) is 3.98. The third-order valence-corrected chi connectivity index (χ3v) is 4.00. The molecular weight excluding hydrogens is 328 g/mol. The molecule has 0 aliphatic heterocycles. The topological polar surface area (TPSA) is 25.2 Å². The van der Waals surface area contributed by atoms with Crippen molar-refractivity contribution >= 4 is 27.5 Å². The van der Waals surface area contributed by atoms with E-state index < -0.39 is 0 Å². The lowest BCUT2D eigenvalue weighted by atomic mass is 10.1. The molecule has 0 spiro atoms. The van der Waals surface area contributed by atoms with E-state index in [1.165, 1.54) is 5.56 Å². The largest absolute Gasteiger partial charge is 0.342 e. The highest BCUT2D eigenvalue weighted by molar-refractivity contribution is 9.10. The average Bonchev–Trinajstić information content (AvgIpc) is 2.78. The quantitative estimate of drug-likeness (QED) is 0.795. The molecule has 1 aromatic heterocycles. The first-order valence-corrected chi connectivity index (χ1v) is 7.94. The molecule has 21 heavy (non-hydrogen) atoms. The fraction of sp³-hybridized carbons (Fsp3) is 0.353. The second-order valence-electron chi connectivity index (χ2n) is 5.39. The highest BCUT2D eigenvalue weighted by atomic mass is 79.9. The summed E-state index contributed by atoms with van der Waals surface area (Å²) >= 11 is 3.46. The molecule has 2 aromatic rings. The molecule has 1 aromatic carbocycles. The Balaban J connectivity index is 2.35. The Morgan fingerprint density at radius 2 is 2.00 bits per heavy atom. The molecule has 0 atom stereocenters. The van der Waals surface area contributed by atoms with E-state index in [1.54, 1.807) is 4.90 Å². The van der Waals surface area contributed by atoms with Crippen molar-refractivity contribution in [2.45, 2.75) is 33.7 Å². The third-order valence-electron chi connectivity index (χ3n) is 3.57. The summed E-state index contributed by atoms with van der Waals surface area (Å²) in [7, 11) is 1.83. The summed E-state index contributed by atoms with van der Waals surface area (Å²) in [4.78, 5) is 14.5. The van der Waals surface area contributed by atoms with E-state index >= 15 is 0 Å². The van der Waals surface area contributed by atoms with Gasteiger partial charge in [0.05, 0.1) is 0 Å². The normalized spacial score (nSPS) is 10.7. The van der Waals surface area contributed by atoms with Gasteiger partial charge in [0.15, 0.2) is 0 Å². The Morgan fingerprint density at radius 3 is 2.62 bits per heavy atom. The van der Waals surface area contributed by atoms with E-state index in [9.17, 15) is 4.79 Å². The molecule has 0 saturated carbocycles. The lowest BCUT2D eigenvalue weighted by molar-refractivity contribution is 0.0984. The summed E-state index contributed by atoms with van der Waals surface area (Å²) in [6.07, 6.45) is 2.96. The maximum absolute atomic E-state index is 12.8. The monoisotopic (exact) mass is 348 g/mol. The van der Waals surface area contributed by atoms with Gasteiger partial charge in [-0.05, 0) is 53.9 Å². The number of carbonyl (C=O) groups is 1. The van der Waals surface area contributed by atoms with Crippen LogP contribution in [0.15, 0.2) is 34.9 Å². The van der Waals surface area contributed by atoms with Crippen LogP contribution in [0.3, 0.4) is 0 Å². The average molecular weight is 349 g/mol. The minimum atomic E-state index is 0.0149. The van der Waals surface area contributed by atoms with Crippen LogP contribution in [0.5, 0.6) is 0 Å². The van der Waals surface area contributed by atoms with Gasteiger partial charge in [-0.3, -0.25) is 4.79 Å². The Kier molecular flexibility index (Phi) is 4.88. The zero-order valence-electron chi connectivity index (χ0n) is 13.0. The molecule has 112 valence electrons. The molecule has 0 bridgehead atoms. The Bertz CT molecular complexity index is 661. The van der Waals surface area contributed by atoms with Crippen molar-refractivity contribution in [3.63, 3.8) is 0 Å². The summed E-state index contributed by atoms with van der Waals surface area (Å²) in [5.74, 6) is 0.0149. The van der Waals surface area contributed by atoms with Crippen LogP contribution in [0.25, 0.3) is 0 Å². The Hall–Kier alpha value is -1.55. The highest BCUT2D eigenvalue weighted by Gasteiger charge is 2.19. The number of hydrogen-bond acceptors (Lipinski definition) is 1. The number of aromatic nitrogens is 1. The van der Waals surface area contributed by atoms with Gasteiger partial charge in [0.1, 0.15) is 5.69 Å². The number of amides is 1. The minimum absolute atomic E-state index is 0.0149. The molecule has 0 radical (unpaired) electrons. The van der Waals surface area contributed by atoms with Crippen molar-refractivity contribution in [3.05, 3.63) is 51.8 Å². The zero-order valence-corrected chi connectivity index (χ0v) is 14.6. The number of aryl methyl sites for hydroxylation is 3. The molecule has 2 rings (SSSR count). The van der Waals surface area contributed by atoms with Crippen LogP contribution in [-0.2, 0) is 6.54 Å². The molecule has 3 nitrogen and oxygen atoms in total. The first-order valence-electron chi connectivity index (χ1n) is 7.15. The fourth-order valence-electron chi connectivity index (χ4n) is 2.54. The Morgan fingerprint density at radius 1 is 1.29 bits per heavy atom. The van der Waals surface area contributed by atoms with Gasteiger partial charge in [0, 0.05) is 29.9 Å². The summed E-state index contributed by atoms with van der Waals surface area (Å²) in [6, 6.07) is 8.02. The molecule has 0 N–H and O–H groups in total. The molecule has 0 saturated heterocycles. The van der Waals surface area contributed by atoms with Crippen LogP contribution in [0.1, 0.15) is 35.0 Å². The number of benzene rings is 1. The van der Waals surface area contributed by atoms with Crippen molar-refractivity contribution in [1.82, 2.24) is 4.57 Å². The van der Waals surface area contributed by atoms with Crippen LogP contribution in [0.2, 0.25) is 0 Å². The van der Waals surface area contributed by atoms with E-state index in [2.05, 4.69) is 35.8 Å². The fourth-order valence-corrected chi connectivity index (χ4v) is 3.01. The molecule has 4 heteroatoms. The number of nitrogens with zero attached hydrogens (tertiary/aromatic N) is 2. The summed E-state index contributed by atoms with van der Waals surface area (Å²) < 4.78 is 2.94. The number of rotatable bonds is 4. The highest BCUT2D eigenvalue weighted by Crippen LogP contribution is 2.23. The predicted molar refractivity (Wildman–Crippen MR) is 91.1 cm³/mol. The maximum Gasteiger partial charge on any atom is 0.274 e. The molecule has 1 heterocycles. The van der Waals surface area contributed by atoms with Gasteiger partial charge in [-0.25, -0.2) is 0 Å². The second kappa shape index (κ2) is 6.48. The van der Waals surface area contributed by atoms with E-state index in [4.69, 9.17) is 0 Å². The van der Waals surface area contributed by atoms with E-state index in [-0.39, 0.29) is 5.91 Å². The third kappa shape index (κ3) is 3.38. The van der Waals surface area contributed by atoms with Gasteiger partial charge < -0.3 is 9.47 Å².